The second kappa shape index (κ2) is 5.26. The summed E-state index contributed by atoms with van der Waals surface area (Å²) in [5.41, 5.74) is 1.99. The van der Waals surface area contributed by atoms with Crippen molar-refractivity contribution in [3.63, 3.8) is 0 Å². The van der Waals surface area contributed by atoms with Crippen molar-refractivity contribution >= 4 is 15.9 Å². The van der Waals surface area contributed by atoms with Gasteiger partial charge in [0.05, 0.1) is 0 Å². The molecule has 2 aromatic rings. The van der Waals surface area contributed by atoms with Crippen molar-refractivity contribution in [2.75, 3.05) is 0 Å². The Morgan fingerprint density at radius 1 is 0.812 bits per heavy atom. The predicted octanol–water partition coefficient (Wildman–Crippen LogP) is 4.37. The summed E-state index contributed by atoms with van der Waals surface area (Å²) < 4.78 is 14.5. The summed E-state index contributed by atoms with van der Waals surface area (Å²) in [6.07, 6.45) is 1.58. The summed E-state index contributed by atoms with van der Waals surface area (Å²) in [4.78, 5) is 0. The molecule has 0 atom stereocenters. The minimum Gasteiger partial charge on any atom is -0.207 e. The van der Waals surface area contributed by atoms with E-state index in [1.165, 1.54) is 11.6 Å². The van der Waals surface area contributed by atoms with Crippen molar-refractivity contribution in [1.82, 2.24) is 0 Å². The van der Waals surface area contributed by atoms with Gasteiger partial charge >= 0.3 is 0 Å². The quantitative estimate of drug-likeness (QED) is 0.782. The Morgan fingerprint density at radius 2 is 1.38 bits per heavy atom. The van der Waals surface area contributed by atoms with Gasteiger partial charge in [-0.05, 0) is 36.1 Å². The first-order valence-electron chi connectivity index (χ1n) is 5.24. The second-order valence-electron chi connectivity index (χ2n) is 3.68. The van der Waals surface area contributed by atoms with Gasteiger partial charge in [0.1, 0.15) is 5.82 Å². The third-order valence-corrected chi connectivity index (χ3v) is 3.35. The standard InChI is InChI=1S/C14H12BrF/c15-13-7-3-1-5-11(13)9-10-12-6-2-4-8-14(12)16/h1-8H,9-10H2. The van der Waals surface area contributed by atoms with Crippen LogP contribution in [0.15, 0.2) is 53.0 Å². The normalized spacial score (nSPS) is 10.4. The summed E-state index contributed by atoms with van der Waals surface area (Å²) in [6.45, 7) is 0. The largest absolute Gasteiger partial charge is 0.207 e. The second-order valence-corrected chi connectivity index (χ2v) is 4.54. The molecular weight excluding hydrogens is 267 g/mol. The molecule has 2 aromatic carbocycles. The molecule has 16 heavy (non-hydrogen) atoms. The van der Waals surface area contributed by atoms with Gasteiger partial charge in [-0.25, -0.2) is 4.39 Å². The molecule has 2 rings (SSSR count). The molecule has 0 bridgehead atoms. The van der Waals surface area contributed by atoms with E-state index in [1.54, 1.807) is 6.07 Å². The Bertz CT molecular complexity index is 434. The monoisotopic (exact) mass is 278 g/mol. The van der Waals surface area contributed by atoms with Crippen LogP contribution in [-0.4, -0.2) is 0 Å². The Labute approximate surface area is 103 Å². The van der Waals surface area contributed by atoms with E-state index < -0.39 is 0 Å². The lowest BCUT2D eigenvalue weighted by atomic mass is 10.0. The number of halogens is 2. The van der Waals surface area contributed by atoms with Crippen molar-refractivity contribution in [1.29, 1.82) is 0 Å². The van der Waals surface area contributed by atoms with E-state index in [-0.39, 0.29) is 5.82 Å². The zero-order valence-electron chi connectivity index (χ0n) is 8.79. The van der Waals surface area contributed by atoms with Crippen LogP contribution in [0.25, 0.3) is 0 Å². The van der Waals surface area contributed by atoms with Gasteiger partial charge < -0.3 is 0 Å². The molecule has 0 aliphatic carbocycles. The zero-order valence-corrected chi connectivity index (χ0v) is 10.4. The highest BCUT2D eigenvalue weighted by molar-refractivity contribution is 9.10. The van der Waals surface area contributed by atoms with E-state index in [2.05, 4.69) is 22.0 Å². The van der Waals surface area contributed by atoms with Gasteiger partial charge in [-0.2, -0.15) is 0 Å². The first-order chi connectivity index (χ1) is 7.77. The highest BCUT2D eigenvalue weighted by Gasteiger charge is 2.03. The minimum absolute atomic E-state index is 0.116. The summed E-state index contributed by atoms with van der Waals surface area (Å²) >= 11 is 3.49. The van der Waals surface area contributed by atoms with Gasteiger partial charge in [-0.15, -0.1) is 0 Å². The van der Waals surface area contributed by atoms with Gasteiger partial charge in [0, 0.05) is 4.47 Å². The molecule has 0 saturated heterocycles. The molecule has 0 aliphatic heterocycles. The maximum absolute atomic E-state index is 13.4. The van der Waals surface area contributed by atoms with Crippen LogP contribution in [0.5, 0.6) is 0 Å². The Balaban J connectivity index is 2.09. The van der Waals surface area contributed by atoms with Crippen LogP contribution in [0.2, 0.25) is 0 Å². The van der Waals surface area contributed by atoms with E-state index in [0.29, 0.717) is 0 Å². The molecule has 0 aliphatic rings. The molecule has 0 heterocycles. The molecule has 0 aromatic heterocycles. The molecule has 0 amide bonds. The Kier molecular flexibility index (Phi) is 3.73. The van der Waals surface area contributed by atoms with Crippen LogP contribution in [0.1, 0.15) is 11.1 Å². The fourth-order valence-electron chi connectivity index (χ4n) is 1.67. The fraction of sp³-hybridized carbons (Fsp3) is 0.143. The molecule has 0 unspecified atom stereocenters. The number of hydrogen-bond donors (Lipinski definition) is 0. The van der Waals surface area contributed by atoms with Crippen molar-refractivity contribution in [2.45, 2.75) is 12.8 Å². The van der Waals surface area contributed by atoms with E-state index in [0.717, 1.165) is 22.9 Å². The van der Waals surface area contributed by atoms with Gasteiger partial charge in [-0.1, -0.05) is 52.3 Å². The fourth-order valence-corrected chi connectivity index (χ4v) is 2.15. The van der Waals surface area contributed by atoms with E-state index in [1.807, 2.05) is 30.3 Å². The lowest BCUT2D eigenvalue weighted by molar-refractivity contribution is 0.608. The predicted molar refractivity (Wildman–Crippen MR) is 68.0 cm³/mol. The van der Waals surface area contributed by atoms with Crippen LogP contribution < -0.4 is 0 Å². The first kappa shape index (κ1) is 11.3. The molecule has 0 nitrogen and oxygen atoms in total. The molecule has 0 N–H and O–H groups in total. The molecule has 0 radical (unpaired) electrons. The van der Waals surface area contributed by atoms with Gasteiger partial charge in [-0.3, -0.25) is 0 Å². The highest BCUT2D eigenvalue weighted by atomic mass is 79.9. The zero-order chi connectivity index (χ0) is 11.4. The van der Waals surface area contributed by atoms with Gasteiger partial charge in [0.2, 0.25) is 0 Å². The molecule has 0 saturated carbocycles. The van der Waals surface area contributed by atoms with Crippen molar-refractivity contribution in [3.05, 3.63) is 69.9 Å². The highest BCUT2D eigenvalue weighted by Crippen LogP contribution is 2.18. The summed E-state index contributed by atoms with van der Waals surface area (Å²) in [5.74, 6) is -0.116. The third kappa shape index (κ3) is 2.70. The van der Waals surface area contributed by atoms with Gasteiger partial charge in [0.15, 0.2) is 0 Å². The number of hydrogen-bond acceptors (Lipinski definition) is 0. The summed E-state index contributed by atoms with van der Waals surface area (Å²) in [5, 5.41) is 0. The van der Waals surface area contributed by atoms with Crippen LogP contribution in [0, 0.1) is 5.82 Å². The van der Waals surface area contributed by atoms with Crippen molar-refractivity contribution in [3.8, 4) is 0 Å². The number of benzene rings is 2. The van der Waals surface area contributed by atoms with E-state index >= 15 is 0 Å². The lowest BCUT2D eigenvalue weighted by Crippen LogP contribution is -1.95. The van der Waals surface area contributed by atoms with Crippen LogP contribution in [-0.2, 0) is 12.8 Å². The topological polar surface area (TPSA) is 0 Å². The van der Waals surface area contributed by atoms with Crippen molar-refractivity contribution in [2.24, 2.45) is 0 Å². The Hall–Kier alpha value is -1.15. The van der Waals surface area contributed by atoms with Gasteiger partial charge in [0.25, 0.3) is 0 Å². The Morgan fingerprint density at radius 3 is 2.06 bits per heavy atom. The maximum atomic E-state index is 13.4. The van der Waals surface area contributed by atoms with Crippen molar-refractivity contribution < 1.29 is 4.39 Å². The smallest absolute Gasteiger partial charge is 0.126 e. The number of aryl methyl sites for hydroxylation is 2. The molecule has 0 spiro atoms. The molecule has 0 fully saturated rings. The summed E-state index contributed by atoms with van der Waals surface area (Å²) in [6, 6.07) is 15.0. The minimum atomic E-state index is -0.116. The van der Waals surface area contributed by atoms with Crippen LogP contribution in [0.4, 0.5) is 4.39 Å². The molecule has 82 valence electrons. The van der Waals surface area contributed by atoms with Crippen LogP contribution in [0.3, 0.4) is 0 Å². The summed E-state index contributed by atoms with van der Waals surface area (Å²) in [7, 11) is 0. The van der Waals surface area contributed by atoms with E-state index in [9.17, 15) is 4.39 Å². The average molecular weight is 279 g/mol. The third-order valence-electron chi connectivity index (χ3n) is 2.58. The average Bonchev–Trinajstić information content (AvgIpc) is 2.30. The molecule has 2 heteroatoms. The van der Waals surface area contributed by atoms with Crippen LogP contribution >= 0.6 is 15.9 Å². The van der Waals surface area contributed by atoms with E-state index in [4.69, 9.17) is 0 Å². The first-order valence-corrected chi connectivity index (χ1v) is 6.03. The maximum Gasteiger partial charge on any atom is 0.126 e. The lowest BCUT2D eigenvalue weighted by Gasteiger charge is -2.05. The number of rotatable bonds is 3. The SMILES string of the molecule is Fc1ccccc1CCc1ccccc1Br. The molecular formula is C14H12BrF.